The average molecular weight is 857 g/mol. The minimum Gasteiger partial charge on any atom is -0.336 e. The topological polar surface area (TPSA) is 49.2 Å². The van der Waals surface area contributed by atoms with Crippen molar-refractivity contribution >= 4 is 35.4 Å². The molecule has 0 saturated heterocycles. The number of para-hydroxylation sites is 1. The molecule has 0 bridgehead atoms. The summed E-state index contributed by atoms with van der Waals surface area (Å²) in [6, 6.07) is 29.5. The van der Waals surface area contributed by atoms with E-state index in [1.807, 2.05) is 0 Å². The van der Waals surface area contributed by atoms with Crippen molar-refractivity contribution in [1.29, 1.82) is 0 Å². The molecule has 14 rings (SSSR count). The molecular formula is C61H54N5+. The van der Waals surface area contributed by atoms with Crippen LogP contribution in [0.4, 0.5) is 5.69 Å². The number of nitrogens with one attached hydrogen (secondary N) is 1. The number of aliphatic imine (C=N–C) groups is 1. The molecule has 3 aromatic carbocycles. The van der Waals surface area contributed by atoms with Crippen LogP contribution < -0.4 is 26.1 Å². The second kappa shape index (κ2) is 15.4. The molecule has 0 saturated carbocycles. The predicted octanol–water partition coefficient (Wildman–Crippen LogP) is 9.86. The van der Waals surface area contributed by atoms with E-state index < -0.39 is 0 Å². The zero-order chi connectivity index (χ0) is 43.3. The van der Waals surface area contributed by atoms with Crippen LogP contribution in [0, 0.1) is 17.8 Å². The van der Waals surface area contributed by atoms with E-state index in [9.17, 15) is 0 Å². The third-order valence-electron chi connectivity index (χ3n) is 16.1. The molecule has 1 aromatic heterocycles. The Hall–Kier alpha value is -6.79. The smallest absolute Gasteiger partial charge is 0.230 e. The van der Waals surface area contributed by atoms with E-state index in [4.69, 9.17) is 4.99 Å². The third-order valence-corrected chi connectivity index (χ3v) is 16.1. The number of nitrogens with two attached hydrogens (primary N) is 1. The lowest BCUT2D eigenvalue weighted by Gasteiger charge is -2.37. The zero-order valence-electron chi connectivity index (χ0n) is 37.2. The van der Waals surface area contributed by atoms with Crippen LogP contribution in [0.25, 0.3) is 23.9 Å². The number of aromatic nitrogens is 1. The molecule has 0 fully saturated rings. The van der Waals surface area contributed by atoms with Gasteiger partial charge in [0.2, 0.25) is 5.84 Å². The summed E-state index contributed by atoms with van der Waals surface area (Å²) in [5.41, 5.74) is 18.1. The number of fused-ring (bicyclic) bond motifs is 10. The molecule has 8 atom stereocenters. The molecule has 8 aliphatic carbocycles. The lowest BCUT2D eigenvalue weighted by atomic mass is 9.79. The van der Waals surface area contributed by atoms with Crippen LogP contribution in [-0.2, 0) is 6.42 Å². The number of amidine groups is 1. The standard InChI is InChI=1S/C61H53N5/c1-2-17-40(18-3-1)59-62-60(44-30-29-38-15-4-5-19-41(38)35-44)64-61(63-59)48-32-34-52(47-24-11-10-23-46(47)48)66-54-28-14-27-53(58(54)50-36-42-20-6-7-21-43(42)37-56(50)66)65-51-26-13-12-25-49(51)57-45-22-9-8-16-39(45)31-33-55(57)65/h1-3,5-13,16-19,21-27,29-34,36-37,42,44,47,52,55,57,59-60,62H,4,14-15,20,28,35H2,(H,63,64)/p+1. The van der Waals surface area contributed by atoms with E-state index in [0.29, 0.717) is 5.92 Å². The summed E-state index contributed by atoms with van der Waals surface area (Å²) in [7, 11) is 0. The van der Waals surface area contributed by atoms with Gasteiger partial charge in [0.25, 0.3) is 0 Å². The molecule has 0 amide bonds. The van der Waals surface area contributed by atoms with Gasteiger partial charge in [-0.05, 0) is 95.7 Å². The molecule has 0 radical (unpaired) electrons. The summed E-state index contributed by atoms with van der Waals surface area (Å²) in [6.45, 7) is 0. The molecule has 5 nitrogen and oxygen atoms in total. The Morgan fingerprint density at radius 2 is 1.61 bits per heavy atom. The largest absolute Gasteiger partial charge is 0.336 e. The minimum absolute atomic E-state index is 0.0379. The van der Waals surface area contributed by atoms with Gasteiger partial charge in [0.15, 0.2) is 6.17 Å². The fourth-order valence-corrected chi connectivity index (χ4v) is 13.1. The Morgan fingerprint density at radius 1 is 0.727 bits per heavy atom. The first-order valence-electron chi connectivity index (χ1n) is 24.5. The van der Waals surface area contributed by atoms with E-state index in [-0.39, 0.29) is 42.2 Å². The van der Waals surface area contributed by atoms with Gasteiger partial charge >= 0.3 is 0 Å². The molecular weight excluding hydrogens is 803 g/mol. The quantitative estimate of drug-likeness (QED) is 0.210. The van der Waals surface area contributed by atoms with Crippen molar-refractivity contribution in [3.63, 3.8) is 0 Å². The van der Waals surface area contributed by atoms with Crippen molar-refractivity contribution in [3.8, 4) is 0 Å². The van der Waals surface area contributed by atoms with E-state index >= 15 is 0 Å². The fraction of sp³-hybridized carbons (Fsp3) is 0.230. The Bertz CT molecular complexity index is 3260. The van der Waals surface area contributed by atoms with Crippen LogP contribution in [0.15, 0.2) is 203 Å². The predicted molar refractivity (Wildman–Crippen MR) is 269 cm³/mol. The van der Waals surface area contributed by atoms with Gasteiger partial charge in [0.05, 0.1) is 17.7 Å². The molecule has 0 spiro atoms. The average Bonchev–Trinajstić information content (AvgIpc) is 3.90. The lowest BCUT2D eigenvalue weighted by Crippen LogP contribution is -2.94. The number of nitrogens with zero attached hydrogens (tertiary/aromatic N) is 3. The van der Waals surface area contributed by atoms with Gasteiger partial charge in [0.1, 0.15) is 6.17 Å². The minimum atomic E-state index is -0.0379. The van der Waals surface area contributed by atoms with Gasteiger partial charge in [-0.3, -0.25) is 5.32 Å². The van der Waals surface area contributed by atoms with E-state index in [1.165, 1.54) is 83.3 Å². The molecule has 2 aliphatic heterocycles. The molecule has 8 unspecified atom stereocenters. The molecule has 3 heterocycles. The highest BCUT2D eigenvalue weighted by Gasteiger charge is 2.44. The van der Waals surface area contributed by atoms with Crippen LogP contribution in [0.5, 0.6) is 0 Å². The highest BCUT2D eigenvalue weighted by molar-refractivity contribution is 5.96. The summed E-state index contributed by atoms with van der Waals surface area (Å²) in [5.74, 6) is 2.20. The second-order valence-electron chi connectivity index (χ2n) is 19.6. The summed E-state index contributed by atoms with van der Waals surface area (Å²) >= 11 is 0. The first-order valence-corrected chi connectivity index (χ1v) is 24.5. The number of quaternary nitrogens is 1. The third kappa shape index (κ3) is 6.02. The number of anilines is 1. The van der Waals surface area contributed by atoms with Gasteiger partial charge in [-0.1, -0.05) is 170 Å². The number of hydrogen-bond donors (Lipinski definition) is 2. The molecule has 5 heteroatoms. The number of hydrogen-bond acceptors (Lipinski definition) is 3. The van der Waals surface area contributed by atoms with Crippen LogP contribution in [0.3, 0.4) is 0 Å². The lowest BCUT2D eigenvalue weighted by molar-refractivity contribution is -0.600. The number of benzene rings is 3. The number of allylic oxidation sites excluding steroid dienone is 16. The molecule has 66 heavy (non-hydrogen) atoms. The Kier molecular flexibility index (Phi) is 8.98. The van der Waals surface area contributed by atoms with Crippen LogP contribution in [0.1, 0.15) is 83.7 Å². The van der Waals surface area contributed by atoms with Crippen LogP contribution in [0.2, 0.25) is 0 Å². The maximum absolute atomic E-state index is 5.66. The van der Waals surface area contributed by atoms with Crippen LogP contribution in [-0.4, -0.2) is 22.6 Å². The second-order valence-corrected chi connectivity index (χ2v) is 19.6. The zero-order valence-corrected chi connectivity index (χ0v) is 37.2. The molecule has 4 aromatic rings. The molecule has 3 N–H and O–H groups in total. The highest BCUT2D eigenvalue weighted by Crippen LogP contribution is 2.52. The summed E-state index contributed by atoms with van der Waals surface area (Å²) in [6.07, 6.45) is 49.8. The van der Waals surface area contributed by atoms with Crippen molar-refractivity contribution in [2.24, 2.45) is 22.7 Å². The first-order chi connectivity index (χ1) is 32.7. The highest BCUT2D eigenvalue weighted by atomic mass is 15.3. The van der Waals surface area contributed by atoms with Crippen molar-refractivity contribution in [3.05, 3.63) is 242 Å². The van der Waals surface area contributed by atoms with Gasteiger partial charge in [-0.25, -0.2) is 10.3 Å². The summed E-state index contributed by atoms with van der Waals surface area (Å²) in [4.78, 5) is 8.38. The Balaban J connectivity index is 0.893. The van der Waals surface area contributed by atoms with Crippen molar-refractivity contribution in [2.75, 3.05) is 4.90 Å². The molecule has 10 aliphatic rings. The van der Waals surface area contributed by atoms with Gasteiger partial charge in [-0.15, -0.1) is 0 Å². The van der Waals surface area contributed by atoms with Crippen molar-refractivity contribution < 1.29 is 5.32 Å². The normalized spacial score (nSPS) is 29.3. The van der Waals surface area contributed by atoms with Crippen molar-refractivity contribution in [1.82, 2.24) is 9.88 Å². The Labute approximate surface area is 387 Å². The number of rotatable bonds is 5. The van der Waals surface area contributed by atoms with E-state index in [2.05, 4.69) is 208 Å². The summed E-state index contributed by atoms with van der Waals surface area (Å²) < 4.78 is 2.77. The first kappa shape index (κ1) is 38.5. The maximum Gasteiger partial charge on any atom is 0.230 e. The monoisotopic (exact) mass is 856 g/mol. The SMILES string of the molecule is C1=CCC2C=c3c4c(n(C5C=CC(C6=NC(C7C=CC8=C(C=CCC8)C7)NC(c7ccccc7)[NH2+]6)=C6C=CC=CC65)c3=CC2=C1)CCC=C4N1c2ccccc2C2c3ccccc3C=CC21. The van der Waals surface area contributed by atoms with Gasteiger partial charge in [-0.2, -0.15) is 0 Å². The fourth-order valence-electron chi connectivity index (χ4n) is 13.1. The van der Waals surface area contributed by atoms with E-state index in [1.54, 1.807) is 0 Å². The van der Waals surface area contributed by atoms with Gasteiger partial charge < -0.3 is 9.47 Å². The van der Waals surface area contributed by atoms with Crippen LogP contribution >= 0.6 is 0 Å². The van der Waals surface area contributed by atoms with Gasteiger partial charge in [0, 0.05) is 62.4 Å². The summed E-state index contributed by atoms with van der Waals surface area (Å²) in [5, 5.41) is 9.15. The van der Waals surface area contributed by atoms with Crippen molar-refractivity contribution in [2.45, 2.75) is 68.9 Å². The molecule has 322 valence electrons. The maximum atomic E-state index is 5.66. The van der Waals surface area contributed by atoms with E-state index in [0.717, 1.165) is 44.4 Å². The Morgan fingerprint density at radius 3 is 2.56 bits per heavy atom.